The van der Waals surface area contributed by atoms with Crippen LogP contribution in [0.15, 0.2) is 53.4 Å². The van der Waals surface area contributed by atoms with Crippen LogP contribution in [0.5, 0.6) is 5.88 Å². The van der Waals surface area contributed by atoms with Crippen molar-refractivity contribution in [3.05, 3.63) is 65.2 Å². The van der Waals surface area contributed by atoms with E-state index in [1.165, 1.54) is 18.2 Å². The predicted molar refractivity (Wildman–Crippen MR) is 130 cm³/mol. The third-order valence-corrected chi connectivity index (χ3v) is 7.15. The number of aromatic nitrogens is 2. The number of aryl methyl sites for hydroxylation is 2. The summed E-state index contributed by atoms with van der Waals surface area (Å²) < 4.78 is 34.7. The summed E-state index contributed by atoms with van der Waals surface area (Å²) in [6.45, 7) is 10.1. The maximum Gasteiger partial charge on any atom is 0.264 e. The van der Waals surface area contributed by atoms with Gasteiger partial charge in [0.2, 0.25) is 11.8 Å². The van der Waals surface area contributed by atoms with Crippen molar-refractivity contribution in [2.24, 2.45) is 5.41 Å². The Balaban J connectivity index is 1.89. The molecule has 0 spiro atoms. The molecule has 2 aromatic carbocycles. The molecule has 8 nitrogen and oxygen atoms in total. The van der Waals surface area contributed by atoms with Gasteiger partial charge in [0.1, 0.15) is 6.61 Å². The number of nitrogens with zero attached hydrogens (tertiary/aromatic N) is 2. The van der Waals surface area contributed by atoms with Gasteiger partial charge < -0.3 is 10.1 Å². The predicted octanol–water partition coefficient (Wildman–Crippen LogP) is 4.10. The maximum atomic E-state index is 13.1. The smallest absolute Gasteiger partial charge is 0.264 e. The van der Waals surface area contributed by atoms with Gasteiger partial charge in [0.05, 0.1) is 16.6 Å². The number of carbonyl (C=O) groups is 1. The van der Waals surface area contributed by atoms with Gasteiger partial charge in [-0.2, -0.15) is 4.98 Å². The van der Waals surface area contributed by atoms with Gasteiger partial charge in [0, 0.05) is 17.2 Å². The number of benzene rings is 2. The Hall–Kier alpha value is -3.46. The van der Waals surface area contributed by atoms with E-state index in [-0.39, 0.29) is 46.3 Å². The first-order chi connectivity index (χ1) is 15.9. The number of anilines is 1. The van der Waals surface area contributed by atoms with Crippen LogP contribution in [-0.2, 0) is 10.0 Å². The molecule has 1 atom stereocenters. The van der Waals surface area contributed by atoms with E-state index >= 15 is 0 Å². The van der Waals surface area contributed by atoms with Crippen LogP contribution < -0.4 is 14.8 Å². The summed E-state index contributed by atoms with van der Waals surface area (Å²) in [6, 6.07) is 13.1. The van der Waals surface area contributed by atoms with Crippen molar-refractivity contribution >= 4 is 21.9 Å². The molecule has 0 saturated heterocycles. The molecule has 0 fully saturated rings. The molecule has 178 valence electrons. The molecule has 0 radical (unpaired) electrons. The maximum absolute atomic E-state index is 13.1. The molecule has 2 N–H and O–H groups in total. The van der Waals surface area contributed by atoms with Crippen LogP contribution in [0.2, 0.25) is 0 Å². The lowest BCUT2D eigenvalue weighted by Crippen LogP contribution is -2.47. The molecular formula is C25H28N4O4S. The van der Waals surface area contributed by atoms with Gasteiger partial charge in [-0.05, 0) is 48.6 Å². The van der Waals surface area contributed by atoms with Gasteiger partial charge in [-0.25, -0.2) is 18.1 Å². The normalized spacial score (nSPS) is 17.8. The SMILES string of the molecule is Cc1cccc(C)c1-c1cc2nc(n1)NS(=O)(=O)c1cccc(c1)C(=O)N[C@H](C(C)(C)C)CO2. The Bertz CT molecular complexity index is 1340. The lowest BCUT2D eigenvalue weighted by molar-refractivity contribution is 0.0859. The van der Waals surface area contributed by atoms with Gasteiger partial charge in [-0.15, -0.1) is 0 Å². The van der Waals surface area contributed by atoms with E-state index in [2.05, 4.69) is 20.0 Å². The molecule has 1 aliphatic rings. The van der Waals surface area contributed by atoms with Crippen molar-refractivity contribution in [1.29, 1.82) is 0 Å². The third kappa shape index (κ3) is 4.89. The number of carbonyl (C=O) groups excluding carboxylic acids is 1. The number of amides is 1. The first kappa shape index (κ1) is 23.7. The van der Waals surface area contributed by atoms with Gasteiger partial charge in [0.15, 0.2) is 0 Å². The fourth-order valence-corrected chi connectivity index (χ4v) is 4.78. The first-order valence-corrected chi connectivity index (χ1v) is 12.4. The Kier molecular flexibility index (Phi) is 6.07. The zero-order valence-electron chi connectivity index (χ0n) is 19.8. The van der Waals surface area contributed by atoms with Crippen LogP contribution in [0.25, 0.3) is 11.3 Å². The van der Waals surface area contributed by atoms with E-state index in [1.54, 1.807) is 12.1 Å². The van der Waals surface area contributed by atoms with Crippen LogP contribution in [-0.4, -0.2) is 36.9 Å². The van der Waals surface area contributed by atoms with Crippen molar-refractivity contribution < 1.29 is 17.9 Å². The highest BCUT2D eigenvalue weighted by atomic mass is 32.2. The van der Waals surface area contributed by atoms with Crippen LogP contribution in [0, 0.1) is 19.3 Å². The molecule has 1 aliphatic heterocycles. The average Bonchev–Trinajstić information content (AvgIpc) is 2.75. The van der Waals surface area contributed by atoms with Crippen molar-refractivity contribution in [2.75, 3.05) is 11.3 Å². The van der Waals surface area contributed by atoms with Gasteiger partial charge in [0.25, 0.3) is 15.9 Å². The first-order valence-electron chi connectivity index (χ1n) is 11.0. The van der Waals surface area contributed by atoms with E-state index in [0.29, 0.717) is 5.69 Å². The Morgan fingerprint density at radius 1 is 1.00 bits per heavy atom. The zero-order valence-corrected chi connectivity index (χ0v) is 20.7. The fraction of sp³-hybridized carbons (Fsp3) is 0.320. The molecule has 34 heavy (non-hydrogen) atoms. The minimum Gasteiger partial charge on any atom is -0.475 e. The third-order valence-electron chi connectivity index (χ3n) is 5.82. The number of rotatable bonds is 1. The van der Waals surface area contributed by atoms with Gasteiger partial charge >= 0.3 is 0 Å². The van der Waals surface area contributed by atoms with Crippen molar-refractivity contribution in [3.63, 3.8) is 0 Å². The van der Waals surface area contributed by atoms with E-state index in [0.717, 1.165) is 16.7 Å². The molecule has 1 amide bonds. The quantitative estimate of drug-likeness (QED) is 0.543. The summed E-state index contributed by atoms with van der Waals surface area (Å²) in [7, 11) is -4.05. The molecular weight excluding hydrogens is 452 g/mol. The minimum atomic E-state index is -4.05. The lowest BCUT2D eigenvalue weighted by Gasteiger charge is -2.31. The molecule has 2 heterocycles. The summed E-state index contributed by atoms with van der Waals surface area (Å²) >= 11 is 0. The fourth-order valence-electron chi connectivity index (χ4n) is 3.79. The van der Waals surface area contributed by atoms with Crippen LogP contribution >= 0.6 is 0 Å². The summed E-state index contributed by atoms with van der Waals surface area (Å²) in [5.74, 6) is -0.278. The number of fused-ring (bicyclic) bond motifs is 4. The largest absolute Gasteiger partial charge is 0.475 e. The van der Waals surface area contributed by atoms with Crippen molar-refractivity contribution in [1.82, 2.24) is 15.3 Å². The van der Waals surface area contributed by atoms with E-state index in [1.807, 2.05) is 52.8 Å². The van der Waals surface area contributed by atoms with Crippen LogP contribution in [0.4, 0.5) is 5.95 Å². The molecule has 4 rings (SSSR count). The second-order valence-corrected chi connectivity index (χ2v) is 11.2. The number of ether oxygens (including phenoxy) is 1. The number of sulfonamides is 1. The summed E-state index contributed by atoms with van der Waals surface area (Å²) in [5.41, 5.74) is 3.30. The monoisotopic (exact) mass is 480 g/mol. The molecule has 0 saturated carbocycles. The summed E-state index contributed by atoms with van der Waals surface area (Å²) in [6.07, 6.45) is 0. The average molecular weight is 481 g/mol. The van der Waals surface area contributed by atoms with Crippen molar-refractivity contribution in [3.8, 4) is 17.1 Å². The van der Waals surface area contributed by atoms with E-state index in [4.69, 9.17) is 4.74 Å². The summed E-state index contributed by atoms with van der Waals surface area (Å²) in [4.78, 5) is 21.7. The highest BCUT2D eigenvalue weighted by Crippen LogP contribution is 2.30. The molecule has 0 unspecified atom stereocenters. The Morgan fingerprint density at radius 2 is 1.68 bits per heavy atom. The van der Waals surface area contributed by atoms with Gasteiger partial charge in [-0.1, -0.05) is 45.0 Å². The topological polar surface area (TPSA) is 110 Å². The second-order valence-electron chi connectivity index (χ2n) is 9.52. The highest BCUT2D eigenvalue weighted by molar-refractivity contribution is 7.92. The Morgan fingerprint density at radius 3 is 2.35 bits per heavy atom. The molecule has 4 bridgehead atoms. The van der Waals surface area contributed by atoms with Crippen molar-refractivity contribution in [2.45, 2.75) is 45.6 Å². The number of hydrogen-bond donors (Lipinski definition) is 2. The lowest BCUT2D eigenvalue weighted by atomic mass is 9.87. The standard InChI is InChI=1S/C25H28N4O4S/c1-15-8-6-9-16(2)22(15)19-13-21-28-24(26-19)29-34(31,32)18-11-7-10-17(12-18)23(30)27-20(14-33-21)25(3,4)5/h6-13,20H,14H2,1-5H3,(H,27,30)(H,26,28,29)/t20-/m0/s1. The highest BCUT2D eigenvalue weighted by Gasteiger charge is 2.29. The summed E-state index contributed by atoms with van der Waals surface area (Å²) in [5, 5.41) is 2.98. The van der Waals surface area contributed by atoms with E-state index < -0.39 is 10.0 Å². The second kappa shape index (κ2) is 8.72. The molecule has 9 heteroatoms. The Labute approximate surface area is 199 Å². The van der Waals surface area contributed by atoms with Gasteiger partial charge in [-0.3, -0.25) is 4.79 Å². The van der Waals surface area contributed by atoms with Crippen LogP contribution in [0.3, 0.4) is 0 Å². The minimum absolute atomic E-state index is 0.0600. The van der Waals surface area contributed by atoms with E-state index in [9.17, 15) is 13.2 Å². The van der Waals surface area contributed by atoms with Crippen LogP contribution in [0.1, 0.15) is 42.3 Å². The molecule has 0 aliphatic carbocycles. The number of nitrogens with one attached hydrogen (secondary N) is 2. The zero-order chi connectivity index (χ0) is 24.7. The molecule has 3 aromatic rings. The number of hydrogen-bond acceptors (Lipinski definition) is 6. The molecule has 1 aromatic heterocycles.